The van der Waals surface area contributed by atoms with Gasteiger partial charge >= 0.3 is 0 Å². The van der Waals surface area contributed by atoms with Crippen LogP contribution in [0.1, 0.15) is 40.0 Å². The number of hydrogen-bond acceptors (Lipinski definition) is 1. The molecule has 3 heteroatoms. The van der Waals surface area contributed by atoms with Crippen LogP contribution >= 0.6 is 11.6 Å². The molecule has 0 fully saturated rings. The van der Waals surface area contributed by atoms with E-state index >= 15 is 0 Å². The Morgan fingerprint density at radius 2 is 1.80 bits per heavy atom. The first kappa shape index (κ1) is 14.6. The predicted octanol–water partition coefficient (Wildman–Crippen LogP) is 4.22. The zero-order valence-electron chi connectivity index (χ0n) is 11.7. The second-order valence-electron chi connectivity index (χ2n) is 4.88. The lowest BCUT2D eigenvalue weighted by molar-refractivity contribution is 0.0940. The van der Waals surface area contributed by atoms with Gasteiger partial charge in [0, 0.05) is 11.4 Å². The highest BCUT2D eigenvalue weighted by molar-refractivity contribution is 6.17. The average Bonchev–Trinajstić information content (AvgIpc) is 2.47. The van der Waals surface area contributed by atoms with Gasteiger partial charge in [-0.2, -0.15) is 0 Å². The molecular weight excluding hydrogens is 270 g/mol. The summed E-state index contributed by atoms with van der Waals surface area (Å²) in [5.74, 6) is 0.392. The Morgan fingerprint density at radius 1 is 1.15 bits per heavy atom. The van der Waals surface area contributed by atoms with Gasteiger partial charge in [0.05, 0.1) is 6.04 Å². The van der Waals surface area contributed by atoms with Crippen molar-refractivity contribution in [3.63, 3.8) is 0 Å². The van der Waals surface area contributed by atoms with E-state index in [0.29, 0.717) is 11.4 Å². The molecular formula is C17H18ClNO. The minimum Gasteiger partial charge on any atom is -0.346 e. The number of halogens is 1. The largest absolute Gasteiger partial charge is 0.346 e. The molecule has 1 unspecified atom stereocenters. The number of rotatable bonds is 4. The zero-order chi connectivity index (χ0) is 14.5. The van der Waals surface area contributed by atoms with Crippen molar-refractivity contribution in [3.05, 3.63) is 70.8 Å². The summed E-state index contributed by atoms with van der Waals surface area (Å²) >= 11 is 5.74. The molecule has 1 amide bonds. The van der Waals surface area contributed by atoms with Gasteiger partial charge in [0.15, 0.2) is 0 Å². The lowest BCUT2D eigenvalue weighted by Gasteiger charge is -2.16. The third-order valence-electron chi connectivity index (χ3n) is 3.37. The Morgan fingerprint density at radius 3 is 2.40 bits per heavy atom. The summed E-state index contributed by atoms with van der Waals surface area (Å²) < 4.78 is 0. The quantitative estimate of drug-likeness (QED) is 0.838. The first-order valence-electron chi connectivity index (χ1n) is 6.63. The highest BCUT2D eigenvalue weighted by Crippen LogP contribution is 2.17. The summed E-state index contributed by atoms with van der Waals surface area (Å²) in [5.41, 5.74) is 3.98. The first-order valence-corrected chi connectivity index (χ1v) is 7.16. The van der Waals surface area contributed by atoms with E-state index in [1.165, 1.54) is 5.56 Å². The predicted molar refractivity (Wildman–Crippen MR) is 83.1 cm³/mol. The summed E-state index contributed by atoms with van der Waals surface area (Å²) in [6.45, 7) is 4.04. The molecule has 0 radical (unpaired) electrons. The molecule has 2 aromatic rings. The third kappa shape index (κ3) is 3.40. The molecule has 2 aromatic carbocycles. The Balaban J connectivity index is 2.09. The van der Waals surface area contributed by atoms with Crippen LogP contribution < -0.4 is 5.32 Å². The van der Waals surface area contributed by atoms with Gasteiger partial charge in [0.2, 0.25) is 0 Å². The van der Waals surface area contributed by atoms with Crippen LogP contribution in [0.4, 0.5) is 0 Å². The summed E-state index contributed by atoms with van der Waals surface area (Å²) in [7, 11) is 0. The van der Waals surface area contributed by atoms with Gasteiger partial charge < -0.3 is 5.32 Å². The lowest BCUT2D eigenvalue weighted by atomic mass is 10.0. The van der Waals surface area contributed by atoms with E-state index in [1.807, 2.05) is 50.2 Å². The number of hydrogen-bond donors (Lipinski definition) is 1. The van der Waals surface area contributed by atoms with Crippen LogP contribution in [0.5, 0.6) is 0 Å². The minimum atomic E-state index is -0.0677. The molecule has 1 atom stereocenters. The molecule has 0 aliphatic heterocycles. The number of carbonyl (C=O) groups excluding carboxylic acids is 1. The van der Waals surface area contributed by atoms with Gasteiger partial charge in [-0.1, -0.05) is 36.4 Å². The highest BCUT2D eigenvalue weighted by atomic mass is 35.5. The van der Waals surface area contributed by atoms with Crippen molar-refractivity contribution >= 4 is 17.5 Å². The van der Waals surface area contributed by atoms with E-state index in [2.05, 4.69) is 5.32 Å². The van der Waals surface area contributed by atoms with Crippen molar-refractivity contribution in [2.75, 3.05) is 0 Å². The Hall–Kier alpha value is -1.80. The topological polar surface area (TPSA) is 29.1 Å². The van der Waals surface area contributed by atoms with Crippen molar-refractivity contribution in [1.29, 1.82) is 0 Å². The SMILES string of the molecule is Cc1ccccc1C(C)NC(=O)c1ccc(CCl)cc1. The maximum Gasteiger partial charge on any atom is 0.251 e. The number of alkyl halides is 1. The van der Waals surface area contributed by atoms with Crippen molar-refractivity contribution < 1.29 is 4.79 Å². The maximum atomic E-state index is 12.2. The van der Waals surface area contributed by atoms with E-state index in [4.69, 9.17) is 11.6 Å². The van der Waals surface area contributed by atoms with E-state index in [-0.39, 0.29) is 11.9 Å². The van der Waals surface area contributed by atoms with Gasteiger partial charge in [0.25, 0.3) is 5.91 Å². The van der Waals surface area contributed by atoms with E-state index < -0.39 is 0 Å². The lowest BCUT2D eigenvalue weighted by Crippen LogP contribution is -2.27. The van der Waals surface area contributed by atoms with Crippen LogP contribution in [-0.2, 0) is 5.88 Å². The molecule has 0 saturated heterocycles. The average molecular weight is 288 g/mol. The standard InChI is InChI=1S/C17H18ClNO/c1-12-5-3-4-6-16(12)13(2)19-17(20)15-9-7-14(11-18)8-10-15/h3-10,13H,11H2,1-2H3,(H,19,20). The molecule has 0 saturated carbocycles. The number of nitrogens with one attached hydrogen (secondary N) is 1. The third-order valence-corrected chi connectivity index (χ3v) is 3.68. The molecule has 2 rings (SSSR count). The molecule has 20 heavy (non-hydrogen) atoms. The second kappa shape index (κ2) is 6.58. The number of aryl methyl sites for hydroxylation is 1. The van der Waals surface area contributed by atoms with Crippen LogP contribution in [0.2, 0.25) is 0 Å². The molecule has 0 aromatic heterocycles. The second-order valence-corrected chi connectivity index (χ2v) is 5.15. The van der Waals surface area contributed by atoms with Crippen LogP contribution in [0.3, 0.4) is 0 Å². The van der Waals surface area contributed by atoms with Crippen LogP contribution in [-0.4, -0.2) is 5.91 Å². The molecule has 0 spiro atoms. The minimum absolute atomic E-state index is 0.0172. The number of carbonyl (C=O) groups is 1. The molecule has 0 aliphatic carbocycles. The Kier molecular flexibility index (Phi) is 4.80. The van der Waals surface area contributed by atoms with Gasteiger partial charge in [0.1, 0.15) is 0 Å². The van der Waals surface area contributed by atoms with Gasteiger partial charge in [-0.3, -0.25) is 4.79 Å². The summed E-state index contributed by atoms with van der Waals surface area (Å²) in [5, 5.41) is 3.02. The summed E-state index contributed by atoms with van der Waals surface area (Å²) in [4.78, 5) is 12.2. The summed E-state index contributed by atoms with van der Waals surface area (Å²) in [6, 6.07) is 15.4. The van der Waals surface area contributed by atoms with E-state index in [9.17, 15) is 4.79 Å². The fraction of sp³-hybridized carbons (Fsp3) is 0.235. The van der Waals surface area contributed by atoms with Crippen LogP contribution in [0, 0.1) is 6.92 Å². The fourth-order valence-electron chi connectivity index (χ4n) is 2.18. The number of amides is 1. The molecule has 104 valence electrons. The summed E-state index contributed by atoms with van der Waals surface area (Å²) in [6.07, 6.45) is 0. The Labute approximate surface area is 124 Å². The van der Waals surface area contributed by atoms with E-state index in [1.54, 1.807) is 12.1 Å². The Bertz CT molecular complexity index is 592. The smallest absolute Gasteiger partial charge is 0.251 e. The van der Waals surface area contributed by atoms with Crippen molar-refractivity contribution in [3.8, 4) is 0 Å². The maximum absolute atomic E-state index is 12.2. The number of benzene rings is 2. The van der Waals surface area contributed by atoms with Gasteiger partial charge in [-0.25, -0.2) is 0 Å². The highest BCUT2D eigenvalue weighted by Gasteiger charge is 2.12. The molecule has 0 aliphatic rings. The molecule has 0 bridgehead atoms. The van der Waals surface area contributed by atoms with Crippen molar-refractivity contribution in [2.45, 2.75) is 25.8 Å². The molecule has 0 heterocycles. The van der Waals surface area contributed by atoms with E-state index in [0.717, 1.165) is 11.1 Å². The van der Waals surface area contributed by atoms with Gasteiger partial charge in [-0.15, -0.1) is 11.6 Å². The van der Waals surface area contributed by atoms with Crippen LogP contribution in [0.25, 0.3) is 0 Å². The molecule has 1 N–H and O–H groups in total. The normalized spacial score (nSPS) is 11.9. The monoisotopic (exact) mass is 287 g/mol. The zero-order valence-corrected chi connectivity index (χ0v) is 12.4. The van der Waals surface area contributed by atoms with Crippen molar-refractivity contribution in [1.82, 2.24) is 5.32 Å². The molecule has 2 nitrogen and oxygen atoms in total. The fourth-order valence-corrected chi connectivity index (χ4v) is 2.35. The van der Waals surface area contributed by atoms with Crippen LogP contribution in [0.15, 0.2) is 48.5 Å². The van der Waals surface area contributed by atoms with Crippen molar-refractivity contribution in [2.24, 2.45) is 0 Å². The first-order chi connectivity index (χ1) is 9.61. The van der Waals surface area contributed by atoms with Gasteiger partial charge in [-0.05, 0) is 42.7 Å².